The maximum absolute atomic E-state index is 12.9. The molecule has 0 spiro atoms. The van der Waals surface area contributed by atoms with Crippen molar-refractivity contribution in [3.05, 3.63) is 102 Å². The fourth-order valence-corrected chi connectivity index (χ4v) is 5.33. The maximum Gasteiger partial charge on any atom is 0.240 e. The molecule has 0 radical (unpaired) electrons. The third-order valence-corrected chi connectivity index (χ3v) is 7.49. The molecule has 1 aliphatic heterocycles. The zero-order valence-corrected chi connectivity index (χ0v) is 21.2. The van der Waals surface area contributed by atoms with E-state index in [0.717, 1.165) is 35.5 Å². The number of likely N-dealkylation sites (N-methyl/N-ethyl adjacent to an activating group) is 2. The number of nitrogens with zero attached hydrogens (tertiary/aromatic N) is 3. The average Bonchev–Trinajstić information content (AvgIpc) is 3.41. The van der Waals surface area contributed by atoms with Crippen LogP contribution in [0.2, 0.25) is 0 Å². The summed E-state index contributed by atoms with van der Waals surface area (Å²) in [6, 6.07) is 24.5. The molecule has 0 bridgehead atoms. The Balaban J connectivity index is 1.21. The van der Waals surface area contributed by atoms with E-state index in [-0.39, 0.29) is 23.4 Å². The van der Waals surface area contributed by atoms with Gasteiger partial charge in [-0.05, 0) is 29.8 Å². The van der Waals surface area contributed by atoms with E-state index in [1.807, 2.05) is 66.7 Å². The zero-order valence-electron chi connectivity index (χ0n) is 20.4. The second-order valence-electron chi connectivity index (χ2n) is 8.85. The van der Waals surface area contributed by atoms with Gasteiger partial charge in [0.2, 0.25) is 5.91 Å². The van der Waals surface area contributed by atoms with Crippen LogP contribution >= 0.6 is 11.8 Å². The van der Waals surface area contributed by atoms with E-state index in [4.69, 9.17) is 4.74 Å². The number of ether oxygens (including phenoxy) is 1. The van der Waals surface area contributed by atoms with Gasteiger partial charge in [-0.2, -0.15) is 0 Å². The van der Waals surface area contributed by atoms with Gasteiger partial charge in [0.15, 0.2) is 0 Å². The maximum atomic E-state index is 12.9. The first-order valence-corrected chi connectivity index (χ1v) is 13.1. The largest absolute Gasteiger partial charge is 0.367 e. The number of amides is 1. The standard InChI is InChI=1S/C28H34N4O2S/c1-31(18-19-34-26(22-10-5-3-6-11-22)23-12-7-4-8-13-23)16-17-32(2)28(33)25-21-35-27(30-25)24-14-9-15-29-20-24/h3-15,20,25-27,30H,16-19,21H2,1-2H3. The van der Waals surface area contributed by atoms with Crippen LogP contribution in [0.25, 0.3) is 0 Å². The number of nitrogens with one attached hydrogen (secondary N) is 1. The number of benzene rings is 2. The third-order valence-electron chi connectivity index (χ3n) is 6.22. The monoisotopic (exact) mass is 490 g/mol. The highest BCUT2D eigenvalue weighted by Gasteiger charge is 2.32. The van der Waals surface area contributed by atoms with Gasteiger partial charge in [0.25, 0.3) is 0 Å². The van der Waals surface area contributed by atoms with Gasteiger partial charge in [0.1, 0.15) is 6.10 Å². The lowest BCUT2D eigenvalue weighted by molar-refractivity contribution is -0.131. The number of rotatable bonds is 11. The zero-order chi connectivity index (χ0) is 24.5. The third kappa shape index (κ3) is 7.15. The number of pyridine rings is 1. The van der Waals surface area contributed by atoms with Gasteiger partial charge in [-0.3, -0.25) is 15.1 Å². The van der Waals surface area contributed by atoms with E-state index in [2.05, 4.69) is 46.5 Å². The van der Waals surface area contributed by atoms with Gasteiger partial charge < -0.3 is 14.5 Å². The topological polar surface area (TPSA) is 57.7 Å². The van der Waals surface area contributed by atoms with Crippen molar-refractivity contribution < 1.29 is 9.53 Å². The highest BCUT2D eigenvalue weighted by Crippen LogP contribution is 2.32. The normalized spacial score (nSPS) is 17.7. The molecule has 0 saturated carbocycles. The molecule has 1 N–H and O–H groups in total. The molecule has 184 valence electrons. The first kappa shape index (κ1) is 25.4. The predicted octanol–water partition coefficient (Wildman–Crippen LogP) is 3.98. The van der Waals surface area contributed by atoms with Gasteiger partial charge in [-0.25, -0.2) is 0 Å². The van der Waals surface area contributed by atoms with Crippen molar-refractivity contribution in [3.63, 3.8) is 0 Å². The van der Waals surface area contributed by atoms with Crippen LogP contribution in [-0.2, 0) is 9.53 Å². The molecule has 7 heteroatoms. The highest BCUT2D eigenvalue weighted by molar-refractivity contribution is 7.99. The van der Waals surface area contributed by atoms with Crippen LogP contribution in [0.3, 0.4) is 0 Å². The Morgan fingerprint density at radius 1 is 1.00 bits per heavy atom. The first-order chi connectivity index (χ1) is 17.1. The molecule has 1 aliphatic rings. The number of hydrogen-bond donors (Lipinski definition) is 1. The molecular weight excluding hydrogens is 456 g/mol. The Bertz CT molecular complexity index is 999. The van der Waals surface area contributed by atoms with Crippen LogP contribution in [0.15, 0.2) is 85.2 Å². The fraction of sp³-hybridized carbons (Fsp3) is 0.357. The Morgan fingerprint density at radius 3 is 2.31 bits per heavy atom. The molecule has 2 aromatic carbocycles. The molecule has 2 heterocycles. The minimum absolute atomic E-state index is 0.0891. The Kier molecular flexibility index (Phi) is 9.31. The highest BCUT2D eigenvalue weighted by atomic mass is 32.2. The lowest BCUT2D eigenvalue weighted by atomic mass is 10.0. The summed E-state index contributed by atoms with van der Waals surface area (Å²) in [6.07, 6.45) is 3.54. The fourth-order valence-electron chi connectivity index (χ4n) is 4.11. The summed E-state index contributed by atoms with van der Waals surface area (Å²) in [6.45, 7) is 2.87. The van der Waals surface area contributed by atoms with Gasteiger partial charge in [-0.1, -0.05) is 66.7 Å². The van der Waals surface area contributed by atoms with Crippen molar-refractivity contribution in [1.29, 1.82) is 0 Å². The lowest BCUT2D eigenvalue weighted by Crippen LogP contribution is -2.45. The van der Waals surface area contributed by atoms with Gasteiger partial charge in [0.05, 0.1) is 18.0 Å². The van der Waals surface area contributed by atoms with Crippen molar-refractivity contribution in [2.45, 2.75) is 17.5 Å². The van der Waals surface area contributed by atoms with Crippen LogP contribution in [-0.4, -0.2) is 72.8 Å². The molecule has 35 heavy (non-hydrogen) atoms. The van der Waals surface area contributed by atoms with Crippen molar-refractivity contribution >= 4 is 17.7 Å². The number of aromatic nitrogens is 1. The Labute approximate surface area is 212 Å². The summed E-state index contributed by atoms with van der Waals surface area (Å²) in [5.74, 6) is 0.911. The Hall–Kier alpha value is -2.71. The number of hydrogen-bond acceptors (Lipinski definition) is 6. The van der Waals surface area contributed by atoms with Crippen LogP contribution in [0, 0.1) is 0 Å². The molecule has 2 atom stereocenters. The SMILES string of the molecule is CN(CCOC(c1ccccc1)c1ccccc1)CCN(C)C(=O)C1CSC(c2cccnc2)N1. The van der Waals surface area contributed by atoms with Crippen LogP contribution in [0.1, 0.15) is 28.2 Å². The molecule has 1 amide bonds. The van der Waals surface area contributed by atoms with Crippen LogP contribution in [0.5, 0.6) is 0 Å². The Morgan fingerprint density at radius 2 is 1.69 bits per heavy atom. The molecule has 0 aliphatic carbocycles. The summed E-state index contributed by atoms with van der Waals surface area (Å²) >= 11 is 1.76. The van der Waals surface area contributed by atoms with Crippen LogP contribution in [0.4, 0.5) is 0 Å². The summed E-state index contributed by atoms with van der Waals surface area (Å²) in [5, 5.41) is 3.57. The number of thioether (sulfide) groups is 1. The lowest BCUT2D eigenvalue weighted by Gasteiger charge is -2.25. The minimum atomic E-state index is -0.165. The molecule has 1 fully saturated rings. The van der Waals surface area contributed by atoms with Gasteiger partial charge in [0, 0.05) is 44.8 Å². The average molecular weight is 491 g/mol. The molecule has 6 nitrogen and oxygen atoms in total. The smallest absolute Gasteiger partial charge is 0.240 e. The summed E-state index contributed by atoms with van der Waals surface area (Å²) < 4.78 is 6.33. The van der Waals surface area contributed by atoms with E-state index in [0.29, 0.717) is 13.2 Å². The number of carbonyl (C=O) groups is 1. The molecule has 3 aromatic rings. The minimum Gasteiger partial charge on any atom is -0.367 e. The molecule has 1 aromatic heterocycles. The van der Waals surface area contributed by atoms with E-state index in [1.54, 1.807) is 18.0 Å². The molecule has 1 saturated heterocycles. The first-order valence-electron chi connectivity index (χ1n) is 12.0. The number of carbonyl (C=O) groups excluding carboxylic acids is 1. The molecule has 4 rings (SSSR count). The second-order valence-corrected chi connectivity index (χ2v) is 9.99. The summed E-state index contributed by atoms with van der Waals surface area (Å²) in [5.41, 5.74) is 3.41. The van der Waals surface area contributed by atoms with Gasteiger partial charge in [-0.15, -0.1) is 11.8 Å². The van der Waals surface area contributed by atoms with E-state index in [9.17, 15) is 4.79 Å². The second kappa shape index (κ2) is 12.8. The van der Waals surface area contributed by atoms with E-state index < -0.39 is 0 Å². The molecular formula is C28H34N4O2S. The van der Waals surface area contributed by atoms with Gasteiger partial charge >= 0.3 is 0 Å². The summed E-state index contributed by atoms with van der Waals surface area (Å²) in [4.78, 5) is 21.2. The molecule has 2 unspecified atom stereocenters. The van der Waals surface area contributed by atoms with E-state index >= 15 is 0 Å². The van der Waals surface area contributed by atoms with Crippen LogP contribution < -0.4 is 5.32 Å². The predicted molar refractivity (Wildman–Crippen MR) is 142 cm³/mol. The van der Waals surface area contributed by atoms with Crippen molar-refractivity contribution in [1.82, 2.24) is 20.1 Å². The summed E-state index contributed by atoms with van der Waals surface area (Å²) in [7, 11) is 3.96. The van der Waals surface area contributed by atoms with Crippen molar-refractivity contribution in [2.24, 2.45) is 0 Å². The van der Waals surface area contributed by atoms with Crippen molar-refractivity contribution in [2.75, 3.05) is 46.1 Å². The quantitative estimate of drug-likeness (QED) is 0.439. The van der Waals surface area contributed by atoms with Crippen molar-refractivity contribution in [3.8, 4) is 0 Å². The van der Waals surface area contributed by atoms with E-state index in [1.165, 1.54) is 0 Å².